The largest absolute Gasteiger partial charge is 0.499 e. The third kappa shape index (κ3) is 6.88. The van der Waals surface area contributed by atoms with E-state index in [0.29, 0.717) is 39.6 Å². The van der Waals surface area contributed by atoms with E-state index in [1.807, 2.05) is 6.08 Å². The molecule has 0 atom stereocenters. The first-order chi connectivity index (χ1) is 7.00. The second-order valence-electron chi connectivity index (χ2n) is 2.87. The Morgan fingerprint density at radius 1 is 0.643 bits per heavy atom. The van der Waals surface area contributed by atoms with E-state index in [9.17, 15) is 0 Å². The van der Waals surface area contributed by atoms with Crippen molar-refractivity contribution in [2.45, 2.75) is 6.42 Å². The predicted octanol–water partition coefficient (Wildman–Crippen LogP) is 0.970. The van der Waals surface area contributed by atoms with E-state index in [2.05, 4.69) is 0 Å². The molecule has 0 aromatic heterocycles. The van der Waals surface area contributed by atoms with Crippen molar-refractivity contribution in [3.05, 3.63) is 12.3 Å². The maximum absolute atomic E-state index is 5.31. The van der Waals surface area contributed by atoms with Crippen LogP contribution in [0.3, 0.4) is 0 Å². The van der Waals surface area contributed by atoms with E-state index in [0.717, 1.165) is 13.0 Å². The maximum Gasteiger partial charge on any atom is 0.111 e. The van der Waals surface area contributed by atoms with Gasteiger partial charge in [0, 0.05) is 0 Å². The van der Waals surface area contributed by atoms with Crippen molar-refractivity contribution in [2.75, 3.05) is 46.2 Å². The van der Waals surface area contributed by atoms with Gasteiger partial charge in [0.15, 0.2) is 0 Å². The summed E-state index contributed by atoms with van der Waals surface area (Å²) in [5.41, 5.74) is 0. The zero-order chi connectivity index (χ0) is 9.90. The monoisotopic (exact) mass is 202 g/mol. The third-order valence-electron chi connectivity index (χ3n) is 1.71. The number of ether oxygens (including phenoxy) is 4. The van der Waals surface area contributed by atoms with Crippen molar-refractivity contribution >= 4 is 0 Å². The molecule has 1 heterocycles. The Morgan fingerprint density at radius 3 is 1.93 bits per heavy atom. The molecule has 0 bridgehead atoms. The molecule has 4 heteroatoms. The molecule has 0 fully saturated rings. The van der Waals surface area contributed by atoms with Gasteiger partial charge in [0.25, 0.3) is 0 Å². The molecule has 0 spiro atoms. The standard InChI is InChI=1S/C10H18O4/c1-2-4-12-6-8-14-10-9-13-7-5-11-3-1/h1,3H,2,4-10H2/b3-1-. The molecule has 82 valence electrons. The average molecular weight is 202 g/mol. The Morgan fingerprint density at radius 2 is 1.21 bits per heavy atom. The van der Waals surface area contributed by atoms with Crippen molar-refractivity contribution in [3.63, 3.8) is 0 Å². The lowest BCUT2D eigenvalue weighted by molar-refractivity contribution is 0.00552. The molecule has 1 aliphatic heterocycles. The SMILES string of the molecule is C1=C\OCCOCCOCCOCC/1. The Kier molecular flexibility index (Phi) is 7.38. The molecule has 0 radical (unpaired) electrons. The minimum atomic E-state index is 0.595. The second-order valence-corrected chi connectivity index (χ2v) is 2.87. The summed E-state index contributed by atoms with van der Waals surface area (Å²) in [6.07, 6.45) is 4.53. The van der Waals surface area contributed by atoms with Crippen molar-refractivity contribution in [1.29, 1.82) is 0 Å². The van der Waals surface area contributed by atoms with E-state index in [4.69, 9.17) is 18.9 Å². The van der Waals surface area contributed by atoms with Crippen LogP contribution in [-0.2, 0) is 18.9 Å². The summed E-state index contributed by atoms with van der Waals surface area (Å²) in [4.78, 5) is 0. The second kappa shape index (κ2) is 8.99. The summed E-state index contributed by atoms with van der Waals surface area (Å²) in [6.45, 7) is 4.46. The summed E-state index contributed by atoms with van der Waals surface area (Å²) in [5, 5.41) is 0. The summed E-state index contributed by atoms with van der Waals surface area (Å²) < 4.78 is 21.0. The van der Waals surface area contributed by atoms with Crippen molar-refractivity contribution in [2.24, 2.45) is 0 Å². The fourth-order valence-corrected chi connectivity index (χ4v) is 1.00. The highest BCUT2D eigenvalue weighted by Crippen LogP contribution is 1.89. The first-order valence-corrected chi connectivity index (χ1v) is 5.00. The third-order valence-corrected chi connectivity index (χ3v) is 1.71. The van der Waals surface area contributed by atoms with Gasteiger partial charge in [-0.3, -0.25) is 0 Å². The van der Waals surface area contributed by atoms with Gasteiger partial charge in [-0.2, -0.15) is 0 Å². The van der Waals surface area contributed by atoms with Gasteiger partial charge in [0.05, 0.1) is 45.9 Å². The average Bonchev–Trinajstić information content (AvgIpc) is 2.22. The quantitative estimate of drug-likeness (QED) is 0.586. The van der Waals surface area contributed by atoms with E-state index in [-0.39, 0.29) is 0 Å². The van der Waals surface area contributed by atoms with Crippen molar-refractivity contribution in [3.8, 4) is 0 Å². The summed E-state index contributed by atoms with van der Waals surface area (Å²) in [5.74, 6) is 0. The summed E-state index contributed by atoms with van der Waals surface area (Å²) >= 11 is 0. The lowest BCUT2D eigenvalue weighted by Crippen LogP contribution is -2.11. The molecule has 0 aromatic rings. The first kappa shape index (κ1) is 11.5. The van der Waals surface area contributed by atoms with E-state index >= 15 is 0 Å². The van der Waals surface area contributed by atoms with Crippen LogP contribution < -0.4 is 0 Å². The lowest BCUT2D eigenvalue weighted by atomic mass is 10.4. The number of rotatable bonds is 0. The molecule has 0 amide bonds. The molecular weight excluding hydrogens is 184 g/mol. The molecule has 0 unspecified atom stereocenters. The van der Waals surface area contributed by atoms with Crippen molar-refractivity contribution in [1.82, 2.24) is 0 Å². The molecular formula is C10H18O4. The zero-order valence-electron chi connectivity index (χ0n) is 8.44. The summed E-state index contributed by atoms with van der Waals surface area (Å²) in [6, 6.07) is 0. The Bertz CT molecular complexity index is 131. The van der Waals surface area contributed by atoms with Crippen molar-refractivity contribution < 1.29 is 18.9 Å². The van der Waals surface area contributed by atoms with Crippen LogP contribution in [0.25, 0.3) is 0 Å². The lowest BCUT2D eigenvalue weighted by Gasteiger charge is -2.07. The fraction of sp³-hybridized carbons (Fsp3) is 0.800. The van der Waals surface area contributed by atoms with Gasteiger partial charge in [-0.1, -0.05) is 0 Å². The molecule has 1 aliphatic rings. The van der Waals surface area contributed by atoms with Crippen LogP contribution in [0, 0.1) is 0 Å². The van der Waals surface area contributed by atoms with Gasteiger partial charge in [0.2, 0.25) is 0 Å². The zero-order valence-corrected chi connectivity index (χ0v) is 8.44. The van der Waals surface area contributed by atoms with Gasteiger partial charge in [-0.15, -0.1) is 0 Å². The van der Waals surface area contributed by atoms with E-state index in [1.165, 1.54) is 0 Å². The molecule has 0 aliphatic carbocycles. The smallest absolute Gasteiger partial charge is 0.111 e. The van der Waals surface area contributed by atoms with E-state index in [1.54, 1.807) is 6.26 Å². The Hall–Kier alpha value is -0.580. The Labute approximate surface area is 84.8 Å². The highest BCUT2D eigenvalue weighted by Gasteiger charge is 1.92. The topological polar surface area (TPSA) is 36.9 Å². The number of hydrogen-bond acceptors (Lipinski definition) is 4. The molecule has 14 heavy (non-hydrogen) atoms. The van der Waals surface area contributed by atoms with Crippen LogP contribution in [-0.4, -0.2) is 46.2 Å². The van der Waals surface area contributed by atoms with Crippen LogP contribution in [0.1, 0.15) is 6.42 Å². The minimum absolute atomic E-state index is 0.595. The molecule has 0 N–H and O–H groups in total. The van der Waals surface area contributed by atoms with Crippen LogP contribution >= 0.6 is 0 Å². The predicted molar refractivity (Wildman–Crippen MR) is 52.2 cm³/mol. The molecule has 0 saturated carbocycles. The molecule has 0 aromatic carbocycles. The van der Waals surface area contributed by atoms with Gasteiger partial charge in [-0.05, 0) is 12.5 Å². The van der Waals surface area contributed by atoms with Crippen LogP contribution in [0.4, 0.5) is 0 Å². The summed E-state index contributed by atoms with van der Waals surface area (Å²) in [7, 11) is 0. The highest BCUT2D eigenvalue weighted by atomic mass is 16.6. The highest BCUT2D eigenvalue weighted by molar-refractivity contribution is 4.72. The maximum atomic E-state index is 5.31. The Balaban J connectivity index is 2.09. The minimum Gasteiger partial charge on any atom is -0.499 e. The molecule has 1 rings (SSSR count). The van der Waals surface area contributed by atoms with Gasteiger partial charge in [-0.25, -0.2) is 0 Å². The molecule has 0 saturated heterocycles. The first-order valence-electron chi connectivity index (χ1n) is 5.00. The normalized spacial score (nSPS) is 24.6. The van der Waals surface area contributed by atoms with Gasteiger partial charge < -0.3 is 18.9 Å². The molecule has 4 nitrogen and oxygen atoms in total. The van der Waals surface area contributed by atoms with Gasteiger partial charge >= 0.3 is 0 Å². The number of hydrogen-bond donors (Lipinski definition) is 0. The van der Waals surface area contributed by atoms with Crippen LogP contribution in [0.5, 0.6) is 0 Å². The fourth-order valence-electron chi connectivity index (χ4n) is 1.00. The van der Waals surface area contributed by atoms with Crippen LogP contribution in [0.2, 0.25) is 0 Å². The van der Waals surface area contributed by atoms with E-state index < -0.39 is 0 Å². The van der Waals surface area contributed by atoms with Gasteiger partial charge in [0.1, 0.15) is 6.61 Å². The van der Waals surface area contributed by atoms with Crippen LogP contribution in [0.15, 0.2) is 12.3 Å².